The maximum Gasteiger partial charge on any atom is 0.162 e. The fourth-order valence-electron chi connectivity index (χ4n) is 2.35. The standard InChI is InChI=1S/C14H18Cl2O3/c1-8-4-5-19-14(8)13(16)9-6-11(17-2)12(18-3)7-10(9)15/h6-8,13-14H,4-5H2,1-3H3. The van der Waals surface area contributed by atoms with Crippen molar-refractivity contribution in [2.24, 2.45) is 5.92 Å². The molecule has 0 radical (unpaired) electrons. The molecule has 1 heterocycles. The van der Waals surface area contributed by atoms with Crippen LogP contribution in [0.15, 0.2) is 12.1 Å². The van der Waals surface area contributed by atoms with Gasteiger partial charge < -0.3 is 14.2 Å². The SMILES string of the molecule is COc1cc(Cl)c(C(Cl)C2OCCC2C)cc1OC. The highest BCUT2D eigenvalue weighted by Crippen LogP contribution is 2.42. The molecule has 0 spiro atoms. The minimum Gasteiger partial charge on any atom is -0.493 e. The van der Waals surface area contributed by atoms with Gasteiger partial charge in [-0.15, -0.1) is 11.6 Å². The van der Waals surface area contributed by atoms with Gasteiger partial charge in [0, 0.05) is 17.7 Å². The van der Waals surface area contributed by atoms with Gasteiger partial charge >= 0.3 is 0 Å². The first-order valence-electron chi connectivity index (χ1n) is 6.25. The van der Waals surface area contributed by atoms with Crippen molar-refractivity contribution in [1.82, 2.24) is 0 Å². The molecule has 1 fully saturated rings. The lowest BCUT2D eigenvalue weighted by atomic mass is 9.96. The molecular formula is C14H18Cl2O3. The van der Waals surface area contributed by atoms with Crippen molar-refractivity contribution in [2.45, 2.75) is 24.8 Å². The van der Waals surface area contributed by atoms with Gasteiger partial charge in [0.25, 0.3) is 0 Å². The minimum absolute atomic E-state index is 0.0164. The van der Waals surface area contributed by atoms with Gasteiger partial charge in [0.2, 0.25) is 0 Å². The third-order valence-electron chi connectivity index (χ3n) is 3.53. The van der Waals surface area contributed by atoms with Crippen LogP contribution in [0.2, 0.25) is 5.02 Å². The van der Waals surface area contributed by atoms with Crippen LogP contribution in [-0.2, 0) is 4.74 Å². The monoisotopic (exact) mass is 304 g/mol. The number of halogens is 2. The van der Waals surface area contributed by atoms with Gasteiger partial charge in [-0.05, 0) is 24.0 Å². The highest BCUT2D eigenvalue weighted by molar-refractivity contribution is 6.33. The van der Waals surface area contributed by atoms with E-state index < -0.39 is 0 Å². The third-order valence-corrected chi connectivity index (χ3v) is 4.34. The predicted octanol–water partition coefficient (Wildman–Crippen LogP) is 4.06. The number of benzene rings is 1. The number of methoxy groups -OCH3 is 2. The van der Waals surface area contributed by atoms with E-state index in [-0.39, 0.29) is 11.5 Å². The van der Waals surface area contributed by atoms with Gasteiger partial charge in [-0.1, -0.05) is 18.5 Å². The van der Waals surface area contributed by atoms with Gasteiger partial charge in [0.15, 0.2) is 11.5 Å². The van der Waals surface area contributed by atoms with E-state index in [2.05, 4.69) is 6.92 Å². The first kappa shape index (κ1) is 14.8. The molecule has 3 atom stereocenters. The smallest absolute Gasteiger partial charge is 0.162 e. The van der Waals surface area contributed by atoms with E-state index in [0.717, 1.165) is 18.6 Å². The van der Waals surface area contributed by atoms with E-state index in [9.17, 15) is 0 Å². The number of rotatable bonds is 4. The first-order valence-corrected chi connectivity index (χ1v) is 7.07. The Morgan fingerprint density at radius 3 is 2.42 bits per heavy atom. The van der Waals surface area contributed by atoms with Crippen LogP contribution in [0.4, 0.5) is 0 Å². The summed E-state index contributed by atoms with van der Waals surface area (Å²) in [6.07, 6.45) is 1.01. The van der Waals surface area contributed by atoms with E-state index >= 15 is 0 Å². The van der Waals surface area contributed by atoms with Gasteiger partial charge in [0.1, 0.15) is 0 Å². The zero-order chi connectivity index (χ0) is 14.0. The zero-order valence-electron chi connectivity index (χ0n) is 11.3. The van der Waals surface area contributed by atoms with Gasteiger partial charge in [-0.3, -0.25) is 0 Å². The summed E-state index contributed by atoms with van der Waals surface area (Å²) < 4.78 is 16.2. The van der Waals surface area contributed by atoms with Crippen molar-refractivity contribution >= 4 is 23.2 Å². The largest absolute Gasteiger partial charge is 0.493 e. The fourth-order valence-corrected chi connectivity index (χ4v) is 3.18. The summed E-state index contributed by atoms with van der Waals surface area (Å²) in [6.45, 7) is 2.89. The second kappa shape index (κ2) is 6.21. The third kappa shape index (κ3) is 2.93. The quantitative estimate of drug-likeness (QED) is 0.785. The van der Waals surface area contributed by atoms with Crippen LogP contribution in [0.25, 0.3) is 0 Å². The van der Waals surface area contributed by atoms with Crippen LogP contribution >= 0.6 is 23.2 Å². The Labute approximate surface area is 123 Å². The van der Waals surface area contributed by atoms with Crippen LogP contribution in [0.3, 0.4) is 0 Å². The van der Waals surface area contributed by atoms with Crippen molar-refractivity contribution < 1.29 is 14.2 Å². The Morgan fingerprint density at radius 1 is 1.26 bits per heavy atom. The molecule has 1 aliphatic rings. The van der Waals surface area contributed by atoms with Crippen LogP contribution in [0, 0.1) is 5.92 Å². The molecule has 0 bridgehead atoms. The molecule has 2 rings (SSSR count). The van der Waals surface area contributed by atoms with E-state index in [1.807, 2.05) is 6.07 Å². The lowest BCUT2D eigenvalue weighted by Gasteiger charge is -2.22. The minimum atomic E-state index is -0.287. The number of hydrogen-bond donors (Lipinski definition) is 0. The Balaban J connectivity index is 2.33. The molecule has 0 saturated carbocycles. The highest BCUT2D eigenvalue weighted by atomic mass is 35.5. The summed E-state index contributed by atoms with van der Waals surface area (Å²) in [5, 5.41) is 0.283. The molecule has 1 aromatic rings. The molecule has 0 aliphatic carbocycles. The van der Waals surface area contributed by atoms with Crippen LogP contribution < -0.4 is 9.47 Å². The van der Waals surface area contributed by atoms with E-state index in [1.165, 1.54) is 0 Å². The van der Waals surface area contributed by atoms with Crippen LogP contribution in [-0.4, -0.2) is 26.9 Å². The van der Waals surface area contributed by atoms with Crippen molar-refractivity contribution in [3.8, 4) is 11.5 Å². The Hall–Kier alpha value is -0.640. The van der Waals surface area contributed by atoms with Crippen molar-refractivity contribution in [2.75, 3.05) is 20.8 Å². The van der Waals surface area contributed by atoms with E-state index in [0.29, 0.717) is 22.4 Å². The van der Waals surface area contributed by atoms with Crippen molar-refractivity contribution in [3.63, 3.8) is 0 Å². The normalized spacial score (nSPS) is 24.3. The maximum absolute atomic E-state index is 6.53. The summed E-state index contributed by atoms with van der Waals surface area (Å²) in [7, 11) is 3.17. The Bertz CT molecular complexity index is 451. The molecule has 19 heavy (non-hydrogen) atoms. The Morgan fingerprint density at radius 2 is 1.89 bits per heavy atom. The van der Waals surface area contributed by atoms with Crippen molar-refractivity contribution in [1.29, 1.82) is 0 Å². The van der Waals surface area contributed by atoms with Gasteiger partial charge in [0.05, 0.1) is 25.7 Å². The van der Waals surface area contributed by atoms with Crippen LogP contribution in [0.5, 0.6) is 11.5 Å². The molecule has 5 heteroatoms. The second-order valence-electron chi connectivity index (χ2n) is 4.73. The van der Waals surface area contributed by atoms with E-state index in [1.54, 1.807) is 20.3 Å². The average Bonchev–Trinajstić information content (AvgIpc) is 2.83. The molecule has 0 N–H and O–H groups in total. The number of alkyl halides is 1. The first-order chi connectivity index (χ1) is 9.08. The summed E-state index contributed by atoms with van der Waals surface area (Å²) >= 11 is 12.8. The summed E-state index contributed by atoms with van der Waals surface area (Å²) in [5.74, 6) is 1.64. The van der Waals surface area contributed by atoms with Gasteiger partial charge in [-0.25, -0.2) is 0 Å². The molecular weight excluding hydrogens is 287 g/mol. The van der Waals surface area contributed by atoms with E-state index in [4.69, 9.17) is 37.4 Å². The number of ether oxygens (including phenoxy) is 3. The molecule has 1 aromatic carbocycles. The maximum atomic E-state index is 6.53. The molecule has 3 unspecified atom stereocenters. The lowest BCUT2D eigenvalue weighted by Crippen LogP contribution is -2.19. The second-order valence-corrected chi connectivity index (χ2v) is 5.61. The summed E-state index contributed by atoms with van der Waals surface area (Å²) in [4.78, 5) is 0. The molecule has 0 aromatic heterocycles. The predicted molar refractivity (Wildman–Crippen MR) is 76.7 cm³/mol. The molecule has 0 amide bonds. The topological polar surface area (TPSA) is 27.7 Å². The molecule has 106 valence electrons. The zero-order valence-corrected chi connectivity index (χ0v) is 12.8. The Kier molecular flexibility index (Phi) is 4.82. The van der Waals surface area contributed by atoms with Crippen molar-refractivity contribution in [3.05, 3.63) is 22.7 Å². The van der Waals surface area contributed by atoms with Gasteiger partial charge in [-0.2, -0.15) is 0 Å². The number of hydrogen-bond acceptors (Lipinski definition) is 3. The average molecular weight is 305 g/mol. The molecule has 1 aliphatic heterocycles. The summed E-state index contributed by atoms with van der Waals surface area (Å²) in [6, 6.07) is 3.55. The van der Waals surface area contributed by atoms with Crippen LogP contribution in [0.1, 0.15) is 24.3 Å². The molecule has 3 nitrogen and oxygen atoms in total. The fraction of sp³-hybridized carbons (Fsp3) is 0.571. The molecule has 1 saturated heterocycles. The summed E-state index contributed by atoms with van der Waals surface area (Å²) in [5.41, 5.74) is 0.819. The highest BCUT2D eigenvalue weighted by Gasteiger charge is 2.33. The lowest BCUT2D eigenvalue weighted by molar-refractivity contribution is 0.0903.